The van der Waals surface area contributed by atoms with Crippen molar-refractivity contribution in [3.05, 3.63) is 46.6 Å². The lowest BCUT2D eigenvalue weighted by atomic mass is 9.73. The SMILES string of the molecule is CS(C)(C)C1=CN2CC3=C(CC4C=CC=CC4C3)C2CC1. The van der Waals surface area contributed by atoms with E-state index in [0.29, 0.717) is 0 Å². The van der Waals surface area contributed by atoms with Crippen molar-refractivity contribution in [1.29, 1.82) is 0 Å². The fraction of sp³-hybridized carbons (Fsp3) is 0.579. The van der Waals surface area contributed by atoms with Crippen LogP contribution in [0.5, 0.6) is 0 Å². The van der Waals surface area contributed by atoms with E-state index in [1.807, 2.05) is 0 Å². The standard InChI is InChI=1S/C19H27NS/c1-21(2,3)17-8-9-19-18-11-15-7-5-4-6-14(15)10-16(18)12-20(19)13-17/h4-7,13-15,19H,8-12H2,1-3H3. The molecule has 0 N–H and O–H groups in total. The van der Waals surface area contributed by atoms with Gasteiger partial charge in [0.05, 0.1) is 6.04 Å². The third-order valence-electron chi connectivity index (χ3n) is 5.71. The summed E-state index contributed by atoms with van der Waals surface area (Å²) in [4.78, 5) is 4.39. The second-order valence-electron chi connectivity index (χ2n) is 7.79. The van der Waals surface area contributed by atoms with Crippen LogP contribution in [0.1, 0.15) is 25.7 Å². The van der Waals surface area contributed by atoms with E-state index in [0.717, 1.165) is 17.9 Å². The molecule has 0 saturated carbocycles. The fourth-order valence-corrected chi connectivity index (χ4v) is 5.67. The average Bonchev–Trinajstić information content (AvgIpc) is 2.80. The zero-order valence-corrected chi connectivity index (χ0v) is 14.3. The van der Waals surface area contributed by atoms with Crippen LogP contribution in [0.15, 0.2) is 46.6 Å². The topological polar surface area (TPSA) is 3.24 Å². The highest BCUT2D eigenvalue weighted by atomic mass is 32.3. The molecule has 0 spiro atoms. The molecule has 114 valence electrons. The Kier molecular flexibility index (Phi) is 3.15. The molecule has 2 heterocycles. The van der Waals surface area contributed by atoms with E-state index in [-0.39, 0.29) is 0 Å². The maximum atomic E-state index is 2.67. The van der Waals surface area contributed by atoms with Gasteiger partial charge >= 0.3 is 0 Å². The lowest BCUT2D eigenvalue weighted by molar-refractivity contribution is 0.322. The van der Waals surface area contributed by atoms with Crippen LogP contribution < -0.4 is 0 Å². The first-order chi connectivity index (χ1) is 10.0. The van der Waals surface area contributed by atoms with Crippen molar-refractivity contribution >= 4 is 10.0 Å². The summed E-state index contributed by atoms with van der Waals surface area (Å²) < 4.78 is 0. The van der Waals surface area contributed by atoms with E-state index in [4.69, 9.17) is 0 Å². The smallest absolute Gasteiger partial charge is 0.0507 e. The Hall–Kier alpha value is -0.890. The van der Waals surface area contributed by atoms with Crippen LogP contribution in [0.2, 0.25) is 0 Å². The zero-order valence-electron chi connectivity index (χ0n) is 13.5. The Morgan fingerprint density at radius 3 is 2.48 bits per heavy atom. The summed E-state index contributed by atoms with van der Waals surface area (Å²) >= 11 is 0. The van der Waals surface area contributed by atoms with Crippen molar-refractivity contribution < 1.29 is 0 Å². The van der Waals surface area contributed by atoms with Crippen LogP contribution in [0.4, 0.5) is 0 Å². The van der Waals surface area contributed by atoms with E-state index in [9.17, 15) is 0 Å². The Bertz CT molecular complexity index is 573. The predicted octanol–water partition coefficient (Wildman–Crippen LogP) is 4.45. The molecular weight excluding hydrogens is 274 g/mol. The van der Waals surface area contributed by atoms with E-state index in [1.54, 1.807) is 16.1 Å². The summed E-state index contributed by atoms with van der Waals surface area (Å²) in [6.45, 7) is 1.21. The van der Waals surface area contributed by atoms with Crippen LogP contribution in [0.25, 0.3) is 0 Å². The molecule has 21 heavy (non-hydrogen) atoms. The van der Waals surface area contributed by atoms with Gasteiger partial charge < -0.3 is 4.90 Å². The highest BCUT2D eigenvalue weighted by Gasteiger charge is 2.39. The van der Waals surface area contributed by atoms with Crippen LogP contribution in [0, 0.1) is 11.8 Å². The molecule has 0 saturated heterocycles. The predicted molar refractivity (Wildman–Crippen MR) is 94.7 cm³/mol. The molecule has 0 aromatic rings. The van der Waals surface area contributed by atoms with Crippen molar-refractivity contribution in [1.82, 2.24) is 4.90 Å². The molecule has 0 radical (unpaired) electrons. The number of hydrogen-bond donors (Lipinski definition) is 0. The van der Waals surface area contributed by atoms with E-state index < -0.39 is 10.0 Å². The van der Waals surface area contributed by atoms with E-state index in [2.05, 4.69) is 54.2 Å². The summed E-state index contributed by atoms with van der Waals surface area (Å²) in [7, 11) is -0.540. The van der Waals surface area contributed by atoms with Gasteiger partial charge in [0.15, 0.2) is 0 Å². The first kappa shape index (κ1) is 13.8. The van der Waals surface area contributed by atoms with Crippen molar-refractivity contribution in [2.45, 2.75) is 31.7 Å². The Morgan fingerprint density at radius 1 is 1.05 bits per heavy atom. The minimum absolute atomic E-state index is 0.540. The van der Waals surface area contributed by atoms with E-state index in [1.165, 1.54) is 32.2 Å². The maximum Gasteiger partial charge on any atom is 0.0507 e. The van der Waals surface area contributed by atoms with Crippen LogP contribution in [-0.4, -0.2) is 36.3 Å². The molecule has 0 aromatic carbocycles. The summed E-state index contributed by atoms with van der Waals surface area (Å²) in [5.74, 6) is 1.54. The largest absolute Gasteiger partial charge is 0.366 e. The van der Waals surface area contributed by atoms with Crippen LogP contribution in [-0.2, 0) is 0 Å². The van der Waals surface area contributed by atoms with Gasteiger partial charge in [-0.1, -0.05) is 24.3 Å². The second kappa shape index (κ2) is 4.81. The maximum absolute atomic E-state index is 2.67. The van der Waals surface area contributed by atoms with Gasteiger partial charge in [-0.2, -0.15) is 0 Å². The highest BCUT2D eigenvalue weighted by molar-refractivity contribution is 8.35. The van der Waals surface area contributed by atoms with Gasteiger partial charge in [0, 0.05) is 12.7 Å². The van der Waals surface area contributed by atoms with Crippen LogP contribution in [0.3, 0.4) is 0 Å². The van der Waals surface area contributed by atoms with Gasteiger partial charge in [0.2, 0.25) is 0 Å². The third kappa shape index (κ3) is 2.32. The molecule has 4 rings (SSSR count). The minimum Gasteiger partial charge on any atom is -0.366 e. The lowest BCUT2D eigenvalue weighted by Gasteiger charge is -2.39. The molecule has 2 aliphatic carbocycles. The Labute approximate surface area is 130 Å². The van der Waals surface area contributed by atoms with Gasteiger partial charge in [-0.25, -0.2) is 10.0 Å². The molecular formula is C19H27NS. The number of fused-ring (bicyclic) bond motifs is 3. The van der Waals surface area contributed by atoms with E-state index >= 15 is 0 Å². The van der Waals surface area contributed by atoms with Crippen molar-refractivity contribution in [3.63, 3.8) is 0 Å². The molecule has 2 aliphatic heterocycles. The summed E-state index contributed by atoms with van der Waals surface area (Å²) in [5.41, 5.74) is 3.57. The molecule has 0 fully saturated rings. The van der Waals surface area contributed by atoms with Crippen LogP contribution >= 0.6 is 10.0 Å². The number of nitrogens with zero attached hydrogens (tertiary/aromatic N) is 1. The molecule has 4 aliphatic rings. The molecule has 0 bridgehead atoms. The number of allylic oxidation sites excluding steroid dienone is 5. The van der Waals surface area contributed by atoms with Gasteiger partial charge in [0.1, 0.15) is 0 Å². The lowest BCUT2D eigenvalue weighted by Crippen LogP contribution is -2.32. The summed E-state index contributed by atoms with van der Waals surface area (Å²) in [6, 6.07) is 0.728. The average molecular weight is 301 g/mol. The Morgan fingerprint density at radius 2 is 1.76 bits per heavy atom. The molecule has 3 unspecified atom stereocenters. The van der Waals surface area contributed by atoms with Crippen molar-refractivity contribution in [3.8, 4) is 0 Å². The molecule has 2 heteroatoms. The first-order valence-corrected chi connectivity index (χ1v) is 11.1. The number of hydrogen-bond acceptors (Lipinski definition) is 1. The monoisotopic (exact) mass is 301 g/mol. The molecule has 3 atom stereocenters. The van der Waals surface area contributed by atoms with Crippen molar-refractivity contribution in [2.75, 3.05) is 25.3 Å². The van der Waals surface area contributed by atoms with Gasteiger partial charge in [0.25, 0.3) is 0 Å². The summed E-state index contributed by atoms with van der Waals surface area (Å²) in [5, 5.41) is 0. The zero-order chi connectivity index (χ0) is 14.6. The fourth-order valence-electron chi connectivity index (χ4n) is 4.49. The normalized spacial score (nSPS) is 35.3. The molecule has 0 aromatic heterocycles. The van der Waals surface area contributed by atoms with Gasteiger partial charge in [-0.3, -0.25) is 0 Å². The quantitative estimate of drug-likeness (QED) is 0.647. The van der Waals surface area contributed by atoms with Gasteiger partial charge in [-0.15, -0.1) is 0 Å². The molecule has 0 amide bonds. The number of rotatable bonds is 1. The first-order valence-electron chi connectivity index (χ1n) is 8.23. The van der Waals surface area contributed by atoms with Gasteiger partial charge in [-0.05, 0) is 72.3 Å². The highest BCUT2D eigenvalue weighted by Crippen LogP contribution is 2.52. The minimum atomic E-state index is -0.540. The summed E-state index contributed by atoms with van der Waals surface area (Å²) in [6.07, 6.45) is 24.5. The Balaban J connectivity index is 1.59. The van der Waals surface area contributed by atoms with Crippen molar-refractivity contribution in [2.24, 2.45) is 11.8 Å². The second-order valence-corrected chi connectivity index (χ2v) is 12.0. The third-order valence-corrected chi connectivity index (χ3v) is 7.59. The molecule has 1 nitrogen and oxygen atoms in total.